The SMILES string of the molecule is O=C(CC1CCC1)NC1C2CCC(C2)C1C(=O)O. The van der Waals surface area contributed by atoms with Gasteiger partial charge < -0.3 is 10.4 Å². The molecule has 100 valence electrons. The highest BCUT2D eigenvalue weighted by molar-refractivity contribution is 5.79. The molecule has 1 amide bonds. The maximum atomic E-state index is 11.9. The molecule has 2 bridgehead atoms. The summed E-state index contributed by atoms with van der Waals surface area (Å²) in [6.07, 6.45) is 7.26. The summed E-state index contributed by atoms with van der Waals surface area (Å²) < 4.78 is 0. The standard InChI is InChI=1S/C14H21NO3/c16-11(6-8-2-1-3-8)15-13-10-5-4-9(7-10)12(13)14(17)18/h8-10,12-13H,1-7H2,(H,15,16)(H,17,18). The normalized spacial score (nSPS) is 38.4. The van der Waals surface area contributed by atoms with Crippen molar-refractivity contribution >= 4 is 11.9 Å². The Kier molecular flexibility index (Phi) is 3.04. The van der Waals surface area contributed by atoms with E-state index in [2.05, 4.69) is 5.32 Å². The van der Waals surface area contributed by atoms with Crippen LogP contribution in [0.3, 0.4) is 0 Å². The first-order valence-electron chi connectivity index (χ1n) is 7.17. The van der Waals surface area contributed by atoms with Gasteiger partial charge in [0.1, 0.15) is 0 Å². The van der Waals surface area contributed by atoms with Crippen molar-refractivity contribution in [3.8, 4) is 0 Å². The van der Waals surface area contributed by atoms with Crippen LogP contribution >= 0.6 is 0 Å². The van der Waals surface area contributed by atoms with Gasteiger partial charge in [0, 0.05) is 12.5 Å². The predicted octanol–water partition coefficient (Wildman–Crippen LogP) is 1.79. The van der Waals surface area contributed by atoms with Crippen LogP contribution in [0.25, 0.3) is 0 Å². The maximum absolute atomic E-state index is 11.9. The molecule has 3 rings (SSSR count). The molecule has 0 heterocycles. The summed E-state index contributed by atoms with van der Waals surface area (Å²) in [6, 6.07) is -0.103. The second-order valence-corrected chi connectivity index (χ2v) is 6.29. The highest BCUT2D eigenvalue weighted by atomic mass is 16.4. The van der Waals surface area contributed by atoms with Gasteiger partial charge in [-0.1, -0.05) is 6.42 Å². The van der Waals surface area contributed by atoms with Gasteiger partial charge in [-0.15, -0.1) is 0 Å². The average Bonchev–Trinajstić information content (AvgIpc) is 2.83. The Morgan fingerprint density at radius 1 is 1.11 bits per heavy atom. The average molecular weight is 251 g/mol. The summed E-state index contributed by atoms with van der Waals surface area (Å²) in [6.45, 7) is 0. The predicted molar refractivity (Wildman–Crippen MR) is 65.8 cm³/mol. The van der Waals surface area contributed by atoms with E-state index in [9.17, 15) is 14.7 Å². The molecule has 3 saturated carbocycles. The number of carbonyl (C=O) groups is 2. The fraction of sp³-hybridized carbons (Fsp3) is 0.857. The number of amides is 1. The summed E-state index contributed by atoms with van der Waals surface area (Å²) in [4.78, 5) is 23.3. The van der Waals surface area contributed by atoms with Crippen LogP contribution in [0.2, 0.25) is 0 Å². The largest absolute Gasteiger partial charge is 0.481 e. The molecule has 0 spiro atoms. The molecule has 2 N–H and O–H groups in total. The van der Waals surface area contributed by atoms with Crippen molar-refractivity contribution in [3.63, 3.8) is 0 Å². The molecule has 4 heteroatoms. The van der Waals surface area contributed by atoms with Crippen molar-refractivity contribution in [1.82, 2.24) is 5.32 Å². The Hall–Kier alpha value is -1.06. The Morgan fingerprint density at radius 3 is 2.44 bits per heavy atom. The third-order valence-electron chi connectivity index (χ3n) is 5.23. The van der Waals surface area contributed by atoms with Crippen molar-refractivity contribution in [2.75, 3.05) is 0 Å². The Morgan fingerprint density at radius 2 is 1.83 bits per heavy atom. The number of carbonyl (C=O) groups excluding carboxylic acids is 1. The van der Waals surface area contributed by atoms with Crippen molar-refractivity contribution in [3.05, 3.63) is 0 Å². The van der Waals surface area contributed by atoms with Crippen LogP contribution in [-0.4, -0.2) is 23.0 Å². The minimum atomic E-state index is -0.726. The van der Waals surface area contributed by atoms with E-state index in [0.717, 1.165) is 32.1 Å². The van der Waals surface area contributed by atoms with Crippen LogP contribution in [0.15, 0.2) is 0 Å². The first-order valence-corrected chi connectivity index (χ1v) is 7.17. The van der Waals surface area contributed by atoms with E-state index in [1.165, 1.54) is 6.42 Å². The van der Waals surface area contributed by atoms with E-state index in [1.807, 2.05) is 0 Å². The second kappa shape index (κ2) is 4.56. The summed E-state index contributed by atoms with van der Waals surface area (Å²) in [5, 5.41) is 12.3. The van der Waals surface area contributed by atoms with Crippen LogP contribution in [0.1, 0.15) is 44.9 Å². The lowest BCUT2D eigenvalue weighted by Gasteiger charge is -2.30. The van der Waals surface area contributed by atoms with Crippen molar-refractivity contribution in [1.29, 1.82) is 0 Å². The third kappa shape index (κ3) is 2.02. The first kappa shape index (κ1) is 12.0. The van der Waals surface area contributed by atoms with Gasteiger partial charge in [0.25, 0.3) is 0 Å². The van der Waals surface area contributed by atoms with E-state index < -0.39 is 5.97 Å². The lowest BCUT2D eigenvalue weighted by Crippen LogP contribution is -2.47. The summed E-state index contributed by atoms with van der Waals surface area (Å²) in [7, 11) is 0. The van der Waals surface area contributed by atoms with Gasteiger partial charge in [0.15, 0.2) is 0 Å². The van der Waals surface area contributed by atoms with Gasteiger partial charge in [-0.2, -0.15) is 0 Å². The smallest absolute Gasteiger partial charge is 0.308 e. The van der Waals surface area contributed by atoms with Crippen LogP contribution in [0.4, 0.5) is 0 Å². The van der Waals surface area contributed by atoms with E-state index in [-0.39, 0.29) is 17.9 Å². The van der Waals surface area contributed by atoms with Gasteiger partial charge in [-0.3, -0.25) is 9.59 Å². The Balaban J connectivity index is 1.60. The number of fused-ring (bicyclic) bond motifs is 2. The lowest BCUT2D eigenvalue weighted by atomic mass is 9.81. The first-order chi connectivity index (χ1) is 8.65. The molecule has 4 nitrogen and oxygen atoms in total. The zero-order valence-electron chi connectivity index (χ0n) is 10.6. The third-order valence-corrected chi connectivity index (χ3v) is 5.23. The summed E-state index contributed by atoms with van der Waals surface area (Å²) >= 11 is 0. The van der Waals surface area contributed by atoms with Gasteiger partial charge in [0.05, 0.1) is 5.92 Å². The molecule has 0 aromatic rings. The number of rotatable bonds is 4. The molecule has 4 atom stereocenters. The molecule has 3 aliphatic carbocycles. The fourth-order valence-electron chi connectivity index (χ4n) is 4.06. The fourth-order valence-corrected chi connectivity index (χ4v) is 4.06. The molecule has 0 aliphatic heterocycles. The summed E-state index contributed by atoms with van der Waals surface area (Å²) in [5.41, 5.74) is 0. The summed E-state index contributed by atoms with van der Waals surface area (Å²) in [5.74, 6) is 0.253. The van der Waals surface area contributed by atoms with E-state index in [4.69, 9.17) is 0 Å². The number of carboxylic acids is 1. The van der Waals surface area contributed by atoms with E-state index in [0.29, 0.717) is 24.2 Å². The van der Waals surface area contributed by atoms with E-state index >= 15 is 0 Å². The molecule has 0 saturated heterocycles. The van der Waals surface area contributed by atoms with Gasteiger partial charge in [-0.05, 0) is 49.9 Å². The van der Waals surface area contributed by atoms with E-state index in [1.54, 1.807) is 0 Å². The molecular weight excluding hydrogens is 230 g/mol. The van der Waals surface area contributed by atoms with Crippen molar-refractivity contribution in [2.24, 2.45) is 23.7 Å². The molecular formula is C14H21NO3. The molecule has 3 fully saturated rings. The Bertz CT molecular complexity index is 364. The monoisotopic (exact) mass is 251 g/mol. The number of hydrogen-bond donors (Lipinski definition) is 2. The quantitative estimate of drug-likeness (QED) is 0.800. The van der Waals surface area contributed by atoms with Crippen LogP contribution in [0, 0.1) is 23.7 Å². The minimum Gasteiger partial charge on any atom is -0.481 e. The maximum Gasteiger partial charge on any atom is 0.308 e. The van der Waals surface area contributed by atoms with Crippen LogP contribution in [-0.2, 0) is 9.59 Å². The lowest BCUT2D eigenvalue weighted by molar-refractivity contribution is -0.144. The molecule has 18 heavy (non-hydrogen) atoms. The van der Waals surface area contributed by atoms with Gasteiger partial charge in [-0.25, -0.2) is 0 Å². The van der Waals surface area contributed by atoms with Gasteiger partial charge in [0.2, 0.25) is 5.91 Å². The topological polar surface area (TPSA) is 66.4 Å². The zero-order valence-corrected chi connectivity index (χ0v) is 10.6. The minimum absolute atomic E-state index is 0.0727. The zero-order chi connectivity index (χ0) is 12.7. The van der Waals surface area contributed by atoms with Crippen molar-refractivity contribution < 1.29 is 14.7 Å². The van der Waals surface area contributed by atoms with Gasteiger partial charge >= 0.3 is 5.97 Å². The van der Waals surface area contributed by atoms with Crippen LogP contribution in [0.5, 0.6) is 0 Å². The highest BCUT2D eigenvalue weighted by Crippen LogP contribution is 2.48. The Labute approximate surface area is 107 Å². The molecule has 4 unspecified atom stereocenters. The molecule has 0 aromatic carbocycles. The molecule has 0 aromatic heterocycles. The molecule has 3 aliphatic rings. The number of carboxylic acid groups (broad SMARTS) is 1. The number of aliphatic carboxylic acids is 1. The highest BCUT2D eigenvalue weighted by Gasteiger charge is 2.51. The number of hydrogen-bond acceptors (Lipinski definition) is 2. The van der Waals surface area contributed by atoms with Crippen molar-refractivity contribution in [2.45, 2.75) is 51.0 Å². The number of nitrogens with one attached hydrogen (secondary N) is 1. The van der Waals surface area contributed by atoms with Crippen LogP contribution < -0.4 is 5.32 Å². The molecule has 0 radical (unpaired) electrons. The second-order valence-electron chi connectivity index (χ2n) is 6.29.